The molecule has 0 aliphatic rings. The van der Waals surface area contributed by atoms with Crippen LogP contribution in [0, 0.1) is 55.4 Å². The van der Waals surface area contributed by atoms with Crippen molar-refractivity contribution >= 4 is 214 Å². The molecular formula is C110H84O4S4. The van der Waals surface area contributed by atoms with Crippen LogP contribution in [0.2, 0.25) is 0 Å². The fourth-order valence-electron chi connectivity index (χ4n) is 15.8. The van der Waals surface area contributed by atoms with Gasteiger partial charge in [0, 0.05) is 124 Å². The van der Waals surface area contributed by atoms with Gasteiger partial charge in [0.2, 0.25) is 0 Å². The first kappa shape index (κ1) is 76.1. The Morgan fingerprint density at radius 2 is 0.542 bits per heavy atom. The zero-order chi connectivity index (χ0) is 80.3. The van der Waals surface area contributed by atoms with Crippen LogP contribution >= 0.6 is 45.3 Å². The standard InChI is InChI=1S/C19H14O.3C13H10O.4C13H10S/c1-13-6-8-14(9-7-13)15-10-11-19-17(12-15)16-4-2-3-5-18(16)20-19;1-9-5-4-7-11-10-6-2-3-8-12(10)14-13(9)11;1-9-5-4-8-12-13(9)10-6-2-3-7-11(10)14-12;1-9-6-7-11-10-4-2-3-5-12(10)14-13(11)8-9;1-9-5-4-7-11-10-6-2-3-8-12(10)14-13(9)11;1-9-5-4-8-12-13(9)10-6-2-3-7-11(10)14-12;1-9-6-7-13-11(8-9)10-4-2-3-5-12(10)14-13;1-9-6-7-11-10-4-2-3-5-12(10)14-13(11)8-9/h2-12H,1H3;7*2-8H,1H3. The molecule has 4 nitrogen and oxygen atoms in total. The first-order valence-electron chi connectivity index (χ1n) is 39.9. The fraction of sp³-hybridized carbons (Fsp3) is 0.0727. The van der Waals surface area contributed by atoms with E-state index < -0.39 is 0 Å². The van der Waals surface area contributed by atoms with E-state index in [0.717, 1.165) is 44.7 Å². The Morgan fingerprint density at radius 1 is 0.169 bits per heavy atom. The van der Waals surface area contributed by atoms with Gasteiger partial charge in [-0.3, -0.25) is 0 Å². The molecule has 0 spiro atoms. The van der Waals surface area contributed by atoms with Gasteiger partial charge < -0.3 is 17.7 Å². The van der Waals surface area contributed by atoms with Crippen molar-refractivity contribution in [3.8, 4) is 11.1 Å². The van der Waals surface area contributed by atoms with Crippen molar-refractivity contribution in [2.24, 2.45) is 0 Å². The van der Waals surface area contributed by atoms with Crippen molar-refractivity contribution in [2.75, 3.05) is 0 Å². The van der Waals surface area contributed by atoms with Gasteiger partial charge in [-0.05, 0) is 197 Å². The quantitative estimate of drug-likeness (QED) is 0.164. The number of fused-ring (bicyclic) bond motifs is 24. The van der Waals surface area contributed by atoms with Gasteiger partial charge in [-0.1, -0.05) is 278 Å². The Morgan fingerprint density at radius 3 is 1.22 bits per heavy atom. The lowest BCUT2D eigenvalue weighted by Gasteiger charge is -2.02. The third-order valence-corrected chi connectivity index (χ3v) is 26.5. The number of aryl methyl sites for hydroxylation is 8. The molecule has 0 bridgehead atoms. The molecule has 8 aromatic heterocycles. The molecule has 17 aromatic carbocycles. The Kier molecular flexibility index (Phi) is 21.7. The molecule has 118 heavy (non-hydrogen) atoms. The van der Waals surface area contributed by atoms with Gasteiger partial charge >= 0.3 is 0 Å². The van der Waals surface area contributed by atoms with Crippen LogP contribution in [0.5, 0.6) is 0 Å². The second-order valence-electron chi connectivity index (χ2n) is 30.2. The molecule has 0 fully saturated rings. The first-order chi connectivity index (χ1) is 57.8. The summed E-state index contributed by atoms with van der Waals surface area (Å²) in [5.41, 5.74) is 20.6. The van der Waals surface area contributed by atoms with Gasteiger partial charge in [0.15, 0.2) is 0 Å². The van der Waals surface area contributed by atoms with Crippen molar-refractivity contribution in [1.82, 2.24) is 0 Å². The van der Waals surface area contributed by atoms with Gasteiger partial charge in [-0.2, -0.15) is 0 Å². The molecule has 0 atom stereocenters. The monoisotopic (exact) mass is 1600 g/mol. The third-order valence-electron chi connectivity index (χ3n) is 21.8. The zero-order valence-corrected chi connectivity index (χ0v) is 70.2. The van der Waals surface area contributed by atoms with Crippen LogP contribution in [-0.2, 0) is 0 Å². The highest BCUT2D eigenvalue weighted by molar-refractivity contribution is 7.27. The molecule has 0 N–H and O–H groups in total. The van der Waals surface area contributed by atoms with Gasteiger partial charge in [0.1, 0.15) is 44.7 Å². The zero-order valence-electron chi connectivity index (χ0n) is 66.9. The number of benzene rings is 17. The van der Waals surface area contributed by atoms with Crippen LogP contribution in [0.1, 0.15) is 44.5 Å². The van der Waals surface area contributed by atoms with Crippen molar-refractivity contribution in [1.29, 1.82) is 0 Å². The molecule has 0 aliphatic carbocycles. The molecule has 8 heteroatoms. The molecule has 8 heterocycles. The van der Waals surface area contributed by atoms with E-state index in [9.17, 15) is 0 Å². The number of hydrogen-bond acceptors (Lipinski definition) is 8. The predicted molar refractivity (Wildman–Crippen MR) is 516 cm³/mol. The molecule has 0 saturated carbocycles. The molecule has 0 amide bonds. The number of furan rings is 4. The van der Waals surface area contributed by atoms with E-state index in [4.69, 9.17) is 17.7 Å². The lowest BCUT2D eigenvalue weighted by molar-refractivity contribution is 0.665. The van der Waals surface area contributed by atoms with E-state index in [2.05, 4.69) is 341 Å². The van der Waals surface area contributed by atoms with Gasteiger partial charge in [-0.15, -0.1) is 45.3 Å². The largest absolute Gasteiger partial charge is 0.456 e. The normalized spacial score (nSPS) is 11.2. The van der Waals surface area contributed by atoms with E-state index in [0.29, 0.717) is 0 Å². The molecular weight excluding hydrogens is 1510 g/mol. The van der Waals surface area contributed by atoms with Crippen LogP contribution in [0.4, 0.5) is 0 Å². The number of rotatable bonds is 1. The Labute approximate surface area is 700 Å². The number of thiophene rings is 4. The Bertz CT molecular complexity index is 7570. The SMILES string of the molecule is Cc1ccc(-c2ccc3oc4ccccc4c3c2)cc1.Cc1ccc2c(c1)oc1ccccc12.Cc1ccc2c(c1)sc1ccccc12.Cc1ccc2sc3ccccc3c2c1.Cc1cccc2c1oc1ccccc12.Cc1cccc2c1sc1ccccc12.Cc1cccc2oc3ccccc3c12.Cc1cccc2sc3ccccc3c12. The van der Waals surface area contributed by atoms with Gasteiger partial charge in [0.05, 0.1) is 0 Å². The summed E-state index contributed by atoms with van der Waals surface area (Å²) in [6.07, 6.45) is 0. The van der Waals surface area contributed by atoms with Crippen molar-refractivity contribution in [2.45, 2.75) is 55.4 Å². The lowest BCUT2D eigenvalue weighted by atomic mass is 10.0. The maximum Gasteiger partial charge on any atom is 0.138 e. The summed E-state index contributed by atoms with van der Waals surface area (Å²) in [5, 5.41) is 20.8. The highest BCUT2D eigenvalue weighted by Gasteiger charge is 2.14. The summed E-state index contributed by atoms with van der Waals surface area (Å²) in [4.78, 5) is 0. The average molecular weight is 1600 g/mol. The summed E-state index contributed by atoms with van der Waals surface area (Å²) in [6, 6.07) is 127. The van der Waals surface area contributed by atoms with Crippen molar-refractivity contribution in [3.05, 3.63) is 408 Å². The van der Waals surface area contributed by atoms with E-state index in [1.54, 1.807) is 0 Å². The molecule has 0 radical (unpaired) electrons. The summed E-state index contributed by atoms with van der Waals surface area (Å²) < 4.78 is 34.2. The topological polar surface area (TPSA) is 52.6 Å². The van der Waals surface area contributed by atoms with Crippen LogP contribution in [-0.4, -0.2) is 0 Å². The van der Waals surface area contributed by atoms with Crippen molar-refractivity contribution < 1.29 is 17.7 Å². The maximum atomic E-state index is 5.86. The summed E-state index contributed by atoms with van der Waals surface area (Å²) in [5.74, 6) is 0. The highest BCUT2D eigenvalue weighted by Crippen LogP contribution is 2.41. The molecule has 25 aromatic rings. The summed E-state index contributed by atoms with van der Waals surface area (Å²) in [6.45, 7) is 17.0. The molecule has 0 aliphatic heterocycles. The molecule has 0 saturated heterocycles. The fourth-order valence-corrected chi connectivity index (χ4v) is 20.5. The van der Waals surface area contributed by atoms with E-state index in [1.165, 1.54) is 179 Å². The Hall–Kier alpha value is -13.2. The first-order valence-corrected chi connectivity index (χ1v) is 43.2. The van der Waals surface area contributed by atoms with Crippen LogP contribution in [0.3, 0.4) is 0 Å². The van der Waals surface area contributed by atoms with Crippen molar-refractivity contribution in [3.63, 3.8) is 0 Å². The molecule has 25 rings (SSSR count). The smallest absolute Gasteiger partial charge is 0.138 e. The second-order valence-corrected chi connectivity index (χ2v) is 34.5. The maximum absolute atomic E-state index is 5.86. The van der Waals surface area contributed by atoms with Crippen LogP contribution < -0.4 is 0 Å². The summed E-state index contributed by atoms with van der Waals surface area (Å²) in [7, 11) is 0. The van der Waals surface area contributed by atoms with E-state index in [1.807, 2.05) is 124 Å². The number of para-hydroxylation sites is 5. The molecule has 572 valence electrons. The second kappa shape index (κ2) is 33.6. The van der Waals surface area contributed by atoms with E-state index >= 15 is 0 Å². The van der Waals surface area contributed by atoms with Crippen LogP contribution in [0.25, 0.3) is 180 Å². The third kappa shape index (κ3) is 15.7. The lowest BCUT2D eigenvalue weighted by Crippen LogP contribution is -1.78. The summed E-state index contributed by atoms with van der Waals surface area (Å²) >= 11 is 7.51. The van der Waals surface area contributed by atoms with Crippen LogP contribution in [0.15, 0.2) is 382 Å². The predicted octanol–water partition coefficient (Wildman–Crippen LogP) is 34.7. The van der Waals surface area contributed by atoms with Gasteiger partial charge in [-0.25, -0.2) is 0 Å². The minimum absolute atomic E-state index is 0.946. The molecule has 0 unspecified atom stereocenters. The Balaban J connectivity index is 0.0000000932. The van der Waals surface area contributed by atoms with Gasteiger partial charge in [0.25, 0.3) is 0 Å². The minimum Gasteiger partial charge on any atom is -0.456 e. The van der Waals surface area contributed by atoms with E-state index in [-0.39, 0.29) is 0 Å². The number of hydrogen-bond donors (Lipinski definition) is 0. The minimum atomic E-state index is 0.946. The highest BCUT2D eigenvalue weighted by atomic mass is 32.1. The average Bonchev–Trinajstić information content (AvgIpc) is 1.67.